The van der Waals surface area contributed by atoms with E-state index >= 15 is 0 Å². The number of carbonyl (C=O) groups excluding carboxylic acids is 1. The Kier molecular flexibility index (Phi) is 2.48. The molecule has 3 rings (SSSR count). The predicted molar refractivity (Wildman–Crippen MR) is 68.1 cm³/mol. The van der Waals surface area contributed by atoms with Crippen molar-refractivity contribution in [1.82, 2.24) is 4.98 Å². The van der Waals surface area contributed by atoms with Gasteiger partial charge >= 0.3 is 0 Å². The van der Waals surface area contributed by atoms with E-state index in [1.54, 1.807) is 18.5 Å². The zero-order chi connectivity index (χ0) is 11.8. The number of hydrogen-bond donors (Lipinski definition) is 1. The van der Waals surface area contributed by atoms with E-state index < -0.39 is 0 Å². The van der Waals surface area contributed by atoms with Crippen molar-refractivity contribution in [2.45, 2.75) is 12.8 Å². The van der Waals surface area contributed by atoms with Gasteiger partial charge in [0.25, 0.3) is 0 Å². The summed E-state index contributed by atoms with van der Waals surface area (Å²) in [4.78, 5) is 15.8. The number of amides is 1. The summed E-state index contributed by atoms with van der Waals surface area (Å²) in [6.45, 7) is 0. The lowest BCUT2D eigenvalue weighted by atomic mass is 10.1. The highest BCUT2D eigenvalue weighted by Gasteiger charge is 2.29. The summed E-state index contributed by atoms with van der Waals surface area (Å²) < 4.78 is 0. The monoisotopic (exact) mass is 246 g/mol. The van der Waals surface area contributed by atoms with Crippen molar-refractivity contribution in [3.8, 4) is 0 Å². The molecule has 3 nitrogen and oxygen atoms in total. The molecule has 1 N–H and O–H groups in total. The molecule has 0 saturated heterocycles. The standard InChI is InChI=1S/C13H11ClN2O/c14-10-5-9-7-15-4-3-11(9)12(6-10)16-13(17)8-1-2-8/h3-8H,1-2H2,(H,16,17). The van der Waals surface area contributed by atoms with Crippen LogP contribution in [0.4, 0.5) is 5.69 Å². The zero-order valence-electron chi connectivity index (χ0n) is 9.11. The summed E-state index contributed by atoms with van der Waals surface area (Å²) in [6, 6.07) is 5.51. The lowest BCUT2D eigenvalue weighted by Crippen LogP contribution is -2.13. The van der Waals surface area contributed by atoms with Gasteiger partial charge in [-0.1, -0.05) is 11.6 Å². The lowest BCUT2D eigenvalue weighted by molar-refractivity contribution is -0.117. The van der Waals surface area contributed by atoms with Gasteiger partial charge < -0.3 is 5.32 Å². The number of rotatable bonds is 2. The van der Waals surface area contributed by atoms with Crippen molar-refractivity contribution in [2.24, 2.45) is 5.92 Å². The molecule has 17 heavy (non-hydrogen) atoms. The van der Waals surface area contributed by atoms with Gasteiger partial charge in [0.05, 0.1) is 5.69 Å². The normalized spacial score (nSPS) is 14.9. The van der Waals surface area contributed by atoms with Crippen LogP contribution in [-0.2, 0) is 4.79 Å². The minimum atomic E-state index is 0.0883. The molecular weight excluding hydrogens is 236 g/mol. The van der Waals surface area contributed by atoms with Gasteiger partial charge in [-0.05, 0) is 31.0 Å². The number of benzene rings is 1. The van der Waals surface area contributed by atoms with Crippen molar-refractivity contribution in [3.63, 3.8) is 0 Å². The van der Waals surface area contributed by atoms with Crippen LogP contribution in [0.2, 0.25) is 5.02 Å². The first kappa shape index (κ1) is 10.5. The van der Waals surface area contributed by atoms with E-state index in [1.807, 2.05) is 12.1 Å². The van der Waals surface area contributed by atoms with E-state index in [4.69, 9.17) is 11.6 Å². The van der Waals surface area contributed by atoms with Crippen LogP contribution in [0.5, 0.6) is 0 Å². The molecule has 0 atom stereocenters. The van der Waals surface area contributed by atoms with E-state index in [2.05, 4.69) is 10.3 Å². The molecule has 0 bridgehead atoms. The van der Waals surface area contributed by atoms with Gasteiger partial charge in [0, 0.05) is 34.1 Å². The summed E-state index contributed by atoms with van der Waals surface area (Å²) in [7, 11) is 0. The van der Waals surface area contributed by atoms with Crippen molar-refractivity contribution in [3.05, 3.63) is 35.6 Å². The third-order valence-corrected chi connectivity index (χ3v) is 3.14. The first-order valence-electron chi connectivity index (χ1n) is 5.58. The summed E-state index contributed by atoms with van der Waals surface area (Å²) in [6.07, 6.45) is 5.44. The maximum atomic E-state index is 11.8. The third kappa shape index (κ3) is 2.11. The van der Waals surface area contributed by atoms with Gasteiger partial charge in [0.2, 0.25) is 5.91 Å². The quantitative estimate of drug-likeness (QED) is 0.884. The van der Waals surface area contributed by atoms with Crippen LogP contribution < -0.4 is 5.32 Å². The Balaban J connectivity index is 2.04. The Bertz CT molecular complexity index is 593. The van der Waals surface area contributed by atoms with Crippen LogP contribution >= 0.6 is 11.6 Å². The Morgan fingerprint density at radius 2 is 2.24 bits per heavy atom. The number of anilines is 1. The van der Waals surface area contributed by atoms with E-state index in [0.29, 0.717) is 5.02 Å². The van der Waals surface area contributed by atoms with Gasteiger partial charge in [0.1, 0.15) is 0 Å². The largest absolute Gasteiger partial charge is 0.325 e. The van der Waals surface area contributed by atoms with Crippen LogP contribution in [-0.4, -0.2) is 10.9 Å². The molecule has 1 aliphatic carbocycles. The van der Waals surface area contributed by atoms with Gasteiger partial charge in [0.15, 0.2) is 0 Å². The fourth-order valence-corrected chi connectivity index (χ4v) is 2.08. The first-order valence-corrected chi connectivity index (χ1v) is 5.96. The van der Waals surface area contributed by atoms with Crippen LogP contribution in [0.1, 0.15) is 12.8 Å². The SMILES string of the molecule is O=C(Nc1cc(Cl)cc2cnccc12)C1CC1. The molecule has 1 amide bonds. The number of carbonyl (C=O) groups is 1. The Hall–Kier alpha value is -1.61. The predicted octanol–water partition coefficient (Wildman–Crippen LogP) is 3.24. The van der Waals surface area contributed by atoms with E-state index in [1.165, 1.54) is 0 Å². The number of pyridine rings is 1. The maximum absolute atomic E-state index is 11.8. The first-order chi connectivity index (χ1) is 8.24. The Labute approximate surface area is 104 Å². The molecule has 0 aliphatic heterocycles. The molecule has 0 radical (unpaired) electrons. The van der Waals surface area contributed by atoms with Gasteiger partial charge in [-0.25, -0.2) is 0 Å². The van der Waals surface area contributed by atoms with Crippen molar-refractivity contribution in [2.75, 3.05) is 5.32 Å². The highest BCUT2D eigenvalue weighted by Crippen LogP contribution is 2.32. The van der Waals surface area contributed by atoms with Crippen molar-refractivity contribution < 1.29 is 4.79 Å². The molecule has 4 heteroatoms. The molecule has 0 unspecified atom stereocenters. The average molecular weight is 247 g/mol. The topological polar surface area (TPSA) is 42.0 Å². The molecule has 0 spiro atoms. The van der Waals surface area contributed by atoms with E-state index in [0.717, 1.165) is 29.3 Å². The minimum absolute atomic E-state index is 0.0883. The highest BCUT2D eigenvalue weighted by molar-refractivity contribution is 6.32. The van der Waals surface area contributed by atoms with Crippen molar-refractivity contribution in [1.29, 1.82) is 0 Å². The Morgan fingerprint density at radius 3 is 3.00 bits per heavy atom. The van der Waals surface area contributed by atoms with Crippen molar-refractivity contribution >= 4 is 34.0 Å². The van der Waals surface area contributed by atoms with Crippen LogP contribution in [0.3, 0.4) is 0 Å². The second-order valence-electron chi connectivity index (χ2n) is 4.31. The number of hydrogen-bond acceptors (Lipinski definition) is 2. The lowest BCUT2D eigenvalue weighted by Gasteiger charge is -2.08. The number of nitrogens with zero attached hydrogens (tertiary/aromatic N) is 1. The fourth-order valence-electron chi connectivity index (χ4n) is 1.86. The van der Waals surface area contributed by atoms with E-state index in [9.17, 15) is 4.79 Å². The molecule has 86 valence electrons. The van der Waals surface area contributed by atoms with Gasteiger partial charge in [-0.15, -0.1) is 0 Å². The molecule has 1 aromatic carbocycles. The average Bonchev–Trinajstić information content (AvgIpc) is 3.12. The van der Waals surface area contributed by atoms with E-state index in [-0.39, 0.29) is 11.8 Å². The summed E-state index contributed by atoms with van der Waals surface area (Å²) >= 11 is 6.02. The molecule has 2 aromatic rings. The van der Waals surface area contributed by atoms with Gasteiger partial charge in [-0.2, -0.15) is 0 Å². The number of halogens is 1. The number of fused-ring (bicyclic) bond motifs is 1. The van der Waals surface area contributed by atoms with Gasteiger partial charge in [-0.3, -0.25) is 9.78 Å². The summed E-state index contributed by atoms with van der Waals surface area (Å²) in [5.41, 5.74) is 0.770. The second kappa shape index (κ2) is 4.00. The zero-order valence-corrected chi connectivity index (χ0v) is 9.87. The molecule has 1 fully saturated rings. The third-order valence-electron chi connectivity index (χ3n) is 2.92. The maximum Gasteiger partial charge on any atom is 0.227 e. The summed E-state index contributed by atoms with van der Waals surface area (Å²) in [5, 5.41) is 5.45. The molecular formula is C13H11ClN2O. The van der Waals surface area contributed by atoms with Crippen LogP contribution in [0.15, 0.2) is 30.6 Å². The summed E-state index contributed by atoms with van der Waals surface area (Å²) in [5.74, 6) is 0.274. The number of nitrogens with one attached hydrogen (secondary N) is 1. The molecule has 1 aliphatic rings. The van der Waals surface area contributed by atoms with Crippen LogP contribution in [0.25, 0.3) is 10.8 Å². The second-order valence-corrected chi connectivity index (χ2v) is 4.75. The molecule has 1 aromatic heterocycles. The minimum Gasteiger partial charge on any atom is -0.325 e. The fraction of sp³-hybridized carbons (Fsp3) is 0.231. The number of aromatic nitrogens is 1. The molecule has 1 saturated carbocycles. The smallest absolute Gasteiger partial charge is 0.227 e. The van der Waals surface area contributed by atoms with Crippen LogP contribution in [0, 0.1) is 5.92 Å². The Morgan fingerprint density at radius 1 is 1.41 bits per heavy atom. The molecule has 1 heterocycles. The highest BCUT2D eigenvalue weighted by atomic mass is 35.5.